The van der Waals surface area contributed by atoms with E-state index in [0.717, 1.165) is 5.57 Å². The van der Waals surface area contributed by atoms with Gasteiger partial charge in [0.15, 0.2) is 0 Å². The lowest BCUT2D eigenvalue weighted by Gasteiger charge is -1.95. The Bertz CT molecular complexity index is 461. The first-order valence-electron chi connectivity index (χ1n) is 4.50. The van der Waals surface area contributed by atoms with Gasteiger partial charge >= 0.3 is 0 Å². The zero-order valence-electron chi connectivity index (χ0n) is 8.55. The molecule has 0 amide bonds. The quantitative estimate of drug-likeness (QED) is 0.422. The molecule has 0 aromatic heterocycles. The standard InChI is InChI=1S/C13H12FN/c1-3-4-10(2)5-6-11-7-8-13(15)12(14)9-11/h3-4,7-9H,1,15H2,2H3/b10-4+. The maximum absolute atomic E-state index is 13.0. The summed E-state index contributed by atoms with van der Waals surface area (Å²) in [7, 11) is 0. The third kappa shape index (κ3) is 3.32. The predicted molar refractivity (Wildman–Crippen MR) is 61.6 cm³/mol. The van der Waals surface area contributed by atoms with Crippen molar-refractivity contribution in [2.45, 2.75) is 6.92 Å². The first-order chi connectivity index (χ1) is 7.13. The smallest absolute Gasteiger partial charge is 0.147 e. The topological polar surface area (TPSA) is 26.0 Å². The van der Waals surface area contributed by atoms with Crippen LogP contribution >= 0.6 is 0 Å². The van der Waals surface area contributed by atoms with E-state index in [1.165, 1.54) is 12.1 Å². The summed E-state index contributed by atoms with van der Waals surface area (Å²) in [5, 5.41) is 0. The Morgan fingerprint density at radius 3 is 2.87 bits per heavy atom. The van der Waals surface area contributed by atoms with Gasteiger partial charge in [0.1, 0.15) is 5.82 Å². The van der Waals surface area contributed by atoms with E-state index in [0.29, 0.717) is 5.56 Å². The second kappa shape index (κ2) is 5.02. The minimum absolute atomic E-state index is 0.138. The summed E-state index contributed by atoms with van der Waals surface area (Å²) in [5.74, 6) is 5.28. The fourth-order valence-electron chi connectivity index (χ4n) is 0.994. The first kappa shape index (κ1) is 11.1. The van der Waals surface area contributed by atoms with E-state index in [4.69, 9.17) is 5.73 Å². The van der Waals surface area contributed by atoms with Crippen molar-refractivity contribution >= 4 is 5.69 Å². The fraction of sp³-hybridized carbons (Fsp3) is 0.0769. The molecule has 0 spiro atoms. The molecule has 1 aromatic carbocycles. The van der Waals surface area contributed by atoms with Crippen LogP contribution in [-0.2, 0) is 0 Å². The second-order valence-electron chi connectivity index (χ2n) is 3.07. The summed E-state index contributed by atoms with van der Waals surface area (Å²) in [6.07, 6.45) is 3.45. The van der Waals surface area contributed by atoms with E-state index < -0.39 is 5.82 Å². The lowest BCUT2D eigenvalue weighted by atomic mass is 10.2. The summed E-state index contributed by atoms with van der Waals surface area (Å²) in [6, 6.07) is 4.52. The van der Waals surface area contributed by atoms with Gasteiger partial charge in [-0.05, 0) is 30.7 Å². The Labute approximate surface area is 89.1 Å². The summed E-state index contributed by atoms with van der Waals surface area (Å²) in [6.45, 7) is 5.42. The van der Waals surface area contributed by atoms with Crippen LogP contribution in [0.15, 0.2) is 42.5 Å². The number of nitrogen functional groups attached to an aromatic ring is 1. The molecular weight excluding hydrogens is 189 g/mol. The molecular formula is C13H12FN. The average molecular weight is 201 g/mol. The van der Waals surface area contributed by atoms with Crippen LogP contribution in [0, 0.1) is 17.7 Å². The summed E-state index contributed by atoms with van der Waals surface area (Å²) in [5.41, 5.74) is 6.97. The zero-order valence-corrected chi connectivity index (χ0v) is 8.55. The number of hydrogen-bond donors (Lipinski definition) is 1. The summed E-state index contributed by atoms with van der Waals surface area (Å²) < 4.78 is 13.0. The van der Waals surface area contributed by atoms with Crippen LogP contribution in [0.1, 0.15) is 12.5 Å². The summed E-state index contributed by atoms with van der Waals surface area (Å²) in [4.78, 5) is 0. The highest BCUT2D eigenvalue weighted by Crippen LogP contribution is 2.10. The molecule has 1 rings (SSSR count). The molecule has 0 radical (unpaired) electrons. The first-order valence-corrected chi connectivity index (χ1v) is 4.50. The van der Waals surface area contributed by atoms with E-state index in [1.807, 2.05) is 6.92 Å². The van der Waals surface area contributed by atoms with Gasteiger partial charge in [0, 0.05) is 5.56 Å². The molecule has 0 bridgehead atoms. The van der Waals surface area contributed by atoms with E-state index in [-0.39, 0.29) is 5.69 Å². The van der Waals surface area contributed by atoms with Gasteiger partial charge in [-0.15, -0.1) is 0 Å². The lowest BCUT2D eigenvalue weighted by Crippen LogP contribution is -1.90. The van der Waals surface area contributed by atoms with Gasteiger partial charge in [0.05, 0.1) is 5.69 Å². The SMILES string of the molecule is C=C/C=C(\C)C#Cc1ccc(N)c(F)c1. The molecule has 0 fully saturated rings. The fourth-order valence-corrected chi connectivity index (χ4v) is 0.994. The molecule has 0 aliphatic heterocycles. The van der Waals surface area contributed by atoms with Crippen molar-refractivity contribution < 1.29 is 4.39 Å². The van der Waals surface area contributed by atoms with Crippen LogP contribution in [0.4, 0.5) is 10.1 Å². The van der Waals surface area contributed by atoms with Crippen molar-refractivity contribution in [2.75, 3.05) is 5.73 Å². The molecule has 2 heteroatoms. The molecule has 1 nitrogen and oxygen atoms in total. The number of allylic oxidation sites excluding steroid dienone is 3. The molecule has 0 heterocycles. The van der Waals surface area contributed by atoms with Crippen molar-refractivity contribution in [3.63, 3.8) is 0 Å². The van der Waals surface area contributed by atoms with Crippen LogP contribution in [0.2, 0.25) is 0 Å². The predicted octanol–water partition coefficient (Wildman–Crippen LogP) is 2.89. The monoisotopic (exact) mass is 201 g/mol. The van der Waals surface area contributed by atoms with E-state index in [1.54, 1.807) is 18.2 Å². The lowest BCUT2D eigenvalue weighted by molar-refractivity contribution is 0.632. The van der Waals surface area contributed by atoms with Crippen molar-refractivity contribution in [3.8, 4) is 11.8 Å². The third-order valence-electron chi connectivity index (χ3n) is 1.77. The molecule has 0 saturated heterocycles. The van der Waals surface area contributed by atoms with E-state index in [9.17, 15) is 4.39 Å². The molecule has 0 atom stereocenters. The maximum atomic E-state index is 13.0. The van der Waals surface area contributed by atoms with Crippen molar-refractivity contribution in [2.24, 2.45) is 0 Å². The van der Waals surface area contributed by atoms with Crippen LogP contribution in [0.5, 0.6) is 0 Å². The van der Waals surface area contributed by atoms with Crippen molar-refractivity contribution in [1.82, 2.24) is 0 Å². The maximum Gasteiger partial charge on any atom is 0.147 e. The van der Waals surface area contributed by atoms with Gasteiger partial charge < -0.3 is 5.73 Å². The van der Waals surface area contributed by atoms with Crippen LogP contribution in [-0.4, -0.2) is 0 Å². The molecule has 0 aliphatic rings. The van der Waals surface area contributed by atoms with Crippen molar-refractivity contribution in [3.05, 3.63) is 53.9 Å². The molecule has 0 aliphatic carbocycles. The largest absolute Gasteiger partial charge is 0.396 e. The Hall–Kier alpha value is -2.01. The Morgan fingerprint density at radius 2 is 2.27 bits per heavy atom. The Balaban J connectivity index is 2.94. The minimum Gasteiger partial charge on any atom is -0.396 e. The van der Waals surface area contributed by atoms with Gasteiger partial charge in [-0.3, -0.25) is 0 Å². The van der Waals surface area contributed by atoms with Gasteiger partial charge in [-0.25, -0.2) is 4.39 Å². The number of nitrogens with two attached hydrogens (primary N) is 1. The zero-order chi connectivity index (χ0) is 11.3. The minimum atomic E-state index is -0.438. The Morgan fingerprint density at radius 1 is 1.53 bits per heavy atom. The highest BCUT2D eigenvalue weighted by atomic mass is 19.1. The highest BCUT2D eigenvalue weighted by molar-refractivity contribution is 5.48. The molecule has 0 saturated carbocycles. The highest BCUT2D eigenvalue weighted by Gasteiger charge is 1.96. The molecule has 76 valence electrons. The number of benzene rings is 1. The van der Waals surface area contributed by atoms with Crippen molar-refractivity contribution in [1.29, 1.82) is 0 Å². The van der Waals surface area contributed by atoms with Gasteiger partial charge in [0.25, 0.3) is 0 Å². The molecule has 2 N–H and O–H groups in total. The number of hydrogen-bond acceptors (Lipinski definition) is 1. The third-order valence-corrected chi connectivity index (χ3v) is 1.77. The number of rotatable bonds is 1. The van der Waals surface area contributed by atoms with Crippen LogP contribution in [0.3, 0.4) is 0 Å². The molecule has 0 unspecified atom stereocenters. The normalized spacial score (nSPS) is 10.4. The van der Waals surface area contributed by atoms with Crippen LogP contribution in [0.25, 0.3) is 0 Å². The number of halogens is 1. The van der Waals surface area contributed by atoms with Crippen LogP contribution < -0.4 is 5.73 Å². The molecule has 1 aromatic rings. The van der Waals surface area contributed by atoms with Gasteiger partial charge in [0.2, 0.25) is 0 Å². The van der Waals surface area contributed by atoms with E-state index in [2.05, 4.69) is 18.4 Å². The molecule has 15 heavy (non-hydrogen) atoms. The summed E-state index contributed by atoms with van der Waals surface area (Å²) >= 11 is 0. The second-order valence-corrected chi connectivity index (χ2v) is 3.07. The average Bonchev–Trinajstić information content (AvgIpc) is 2.20. The van der Waals surface area contributed by atoms with E-state index >= 15 is 0 Å². The Kier molecular flexibility index (Phi) is 3.70. The van der Waals surface area contributed by atoms with Gasteiger partial charge in [-0.2, -0.15) is 0 Å². The van der Waals surface area contributed by atoms with Gasteiger partial charge in [-0.1, -0.05) is 30.6 Å². The number of anilines is 1.